The number of H-pyrrole nitrogens is 1. The fourth-order valence-corrected chi connectivity index (χ4v) is 3.60. The number of sulfonamides is 1. The molecule has 0 spiro atoms. The Labute approximate surface area is 139 Å². The molecular formula is C13H9ClIN3O2S. The second-order valence-electron chi connectivity index (χ2n) is 4.31. The second kappa shape index (κ2) is 5.47. The zero-order valence-corrected chi connectivity index (χ0v) is 14.2. The second-order valence-corrected chi connectivity index (χ2v) is 7.64. The average molecular weight is 434 g/mol. The molecule has 0 aliphatic heterocycles. The zero-order valence-electron chi connectivity index (χ0n) is 10.5. The van der Waals surface area contributed by atoms with Crippen molar-refractivity contribution in [3.63, 3.8) is 0 Å². The molecule has 5 nitrogen and oxygen atoms in total. The van der Waals surface area contributed by atoms with Crippen LogP contribution in [0.2, 0.25) is 5.02 Å². The van der Waals surface area contributed by atoms with E-state index in [1.807, 2.05) is 0 Å². The number of fused-ring (bicyclic) bond motifs is 1. The molecule has 0 aliphatic rings. The summed E-state index contributed by atoms with van der Waals surface area (Å²) in [6, 6.07) is 8.40. The van der Waals surface area contributed by atoms with Crippen LogP contribution in [0, 0.1) is 3.57 Å². The maximum absolute atomic E-state index is 12.4. The van der Waals surface area contributed by atoms with E-state index in [0.717, 1.165) is 3.57 Å². The minimum Gasteiger partial charge on any atom is -0.360 e. The highest BCUT2D eigenvalue weighted by molar-refractivity contribution is 14.1. The summed E-state index contributed by atoms with van der Waals surface area (Å²) in [5, 5.41) is 1.12. The molecule has 21 heavy (non-hydrogen) atoms. The van der Waals surface area contributed by atoms with Crippen molar-refractivity contribution in [2.75, 3.05) is 4.72 Å². The van der Waals surface area contributed by atoms with Gasteiger partial charge in [-0.1, -0.05) is 11.6 Å². The van der Waals surface area contributed by atoms with Gasteiger partial charge in [-0.3, -0.25) is 4.72 Å². The fraction of sp³-hybridized carbons (Fsp3) is 0. The van der Waals surface area contributed by atoms with Gasteiger partial charge in [0.1, 0.15) is 10.7 Å². The van der Waals surface area contributed by atoms with E-state index >= 15 is 0 Å². The molecule has 2 aromatic heterocycles. The number of aromatic nitrogens is 2. The third kappa shape index (κ3) is 2.99. The number of hydrogen-bond acceptors (Lipinski definition) is 3. The van der Waals surface area contributed by atoms with Crippen LogP contribution in [0.25, 0.3) is 10.9 Å². The van der Waals surface area contributed by atoms with Crippen LogP contribution in [-0.4, -0.2) is 18.4 Å². The zero-order chi connectivity index (χ0) is 15.0. The van der Waals surface area contributed by atoms with E-state index in [0.29, 0.717) is 15.9 Å². The van der Waals surface area contributed by atoms with Crippen molar-refractivity contribution in [2.45, 2.75) is 4.90 Å². The molecule has 8 heteroatoms. The summed E-state index contributed by atoms with van der Waals surface area (Å²) in [7, 11) is -3.71. The molecule has 3 aromatic rings. The maximum atomic E-state index is 12.4. The molecule has 3 rings (SSSR count). The van der Waals surface area contributed by atoms with Crippen molar-refractivity contribution >= 4 is 60.9 Å². The van der Waals surface area contributed by atoms with Crippen molar-refractivity contribution in [2.24, 2.45) is 0 Å². The van der Waals surface area contributed by atoms with Gasteiger partial charge in [0.05, 0.1) is 0 Å². The molecule has 2 heterocycles. The Kier molecular flexibility index (Phi) is 3.80. The van der Waals surface area contributed by atoms with Gasteiger partial charge in [0.2, 0.25) is 0 Å². The molecule has 0 atom stereocenters. The number of nitrogens with one attached hydrogen (secondary N) is 2. The smallest absolute Gasteiger partial charge is 0.265 e. The predicted octanol–water partition coefficient (Wildman–Crippen LogP) is 3.62. The molecule has 0 bridgehead atoms. The lowest BCUT2D eigenvalue weighted by Crippen LogP contribution is -2.13. The topological polar surface area (TPSA) is 74.8 Å². The summed E-state index contributed by atoms with van der Waals surface area (Å²) >= 11 is 7.99. The molecule has 108 valence electrons. The third-order valence-corrected chi connectivity index (χ3v) is 5.13. The van der Waals surface area contributed by atoms with Crippen LogP contribution >= 0.6 is 34.2 Å². The Morgan fingerprint density at radius 1 is 1.24 bits per heavy atom. The number of hydrogen-bond donors (Lipinski definition) is 2. The average Bonchev–Trinajstić information content (AvgIpc) is 2.85. The van der Waals surface area contributed by atoms with Gasteiger partial charge in [0, 0.05) is 31.9 Å². The number of halogens is 2. The highest BCUT2D eigenvalue weighted by Gasteiger charge is 2.19. The van der Waals surface area contributed by atoms with Crippen molar-refractivity contribution in [1.82, 2.24) is 9.97 Å². The van der Waals surface area contributed by atoms with Crippen LogP contribution in [0.4, 0.5) is 5.82 Å². The van der Waals surface area contributed by atoms with Crippen LogP contribution in [0.15, 0.2) is 47.6 Å². The van der Waals surface area contributed by atoms with Gasteiger partial charge in [0.15, 0.2) is 0 Å². The lowest BCUT2D eigenvalue weighted by Gasteiger charge is -2.06. The highest BCUT2D eigenvalue weighted by Crippen LogP contribution is 2.26. The van der Waals surface area contributed by atoms with Crippen molar-refractivity contribution in [1.29, 1.82) is 0 Å². The third-order valence-electron chi connectivity index (χ3n) is 2.86. The maximum Gasteiger partial charge on any atom is 0.265 e. The van der Waals surface area contributed by atoms with Crippen LogP contribution in [0.5, 0.6) is 0 Å². The number of pyridine rings is 1. The van der Waals surface area contributed by atoms with E-state index in [-0.39, 0.29) is 10.7 Å². The number of nitrogens with zero attached hydrogens (tertiary/aromatic N) is 1. The van der Waals surface area contributed by atoms with Gasteiger partial charge >= 0.3 is 0 Å². The number of anilines is 1. The molecule has 2 N–H and O–H groups in total. The van der Waals surface area contributed by atoms with Gasteiger partial charge in [-0.25, -0.2) is 13.4 Å². The first-order chi connectivity index (χ1) is 9.95. The Morgan fingerprint density at radius 3 is 2.76 bits per heavy atom. The molecule has 0 saturated heterocycles. The fourth-order valence-electron chi connectivity index (χ4n) is 1.92. The minimum absolute atomic E-state index is 0.162. The molecule has 1 aromatic carbocycles. The minimum atomic E-state index is -3.71. The Hall–Kier alpha value is -1.32. The summed E-state index contributed by atoms with van der Waals surface area (Å²) in [5.41, 5.74) is 0.665. The van der Waals surface area contributed by atoms with Crippen molar-refractivity contribution in [3.05, 3.63) is 51.3 Å². The van der Waals surface area contributed by atoms with E-state index in [2.05, 4.69) is 37.3 Å². The van der Waals surface area contributed by atoms with E-state index in [4.69, 9.17) is 11.6 Å². The standard InChI is InChI=1S/C13H9ClIN3O2S/c14-8-1-3-10-11(5-8)16-7-12(10)21(19,20)18-13-4-2-9(15)6-17-13/h1-7,16H,(H,17,18). The summed E-state index contributed by atoms with van der Waals surface area (Å²) in [5.74, 6) is 0.277. The molecule has 0 aliphatic carbocycles. The lowest BCUT2D eigenvalue weighted by atomic mass is 10.2. The quantitative estimate of drug-likeness (QED) is 0.620. The van der Waals surface area contributed by atoms with E-state index in [9.17, 15) is 8.42 Å². The van der Waals surface area contributed by atoms with Crippen LogP contribution in [0.3, 0.4) is 0 Å². The summed E-state index contributed by atoms with van der Waals surface area (Å²) in [4.78, 5) is 7.10. The molecule has 0 unspecified atom stereocenters. The number of aromatic amines is 1. The Morgan fingerprint density at radius 2 is 2.05 bits per heavy atom. The molecule has 0 radical (unpaired) electrons. The highest BCUT2D eigenvalue weighted by atomic mass is 127. The first-order valence-corrected chi connectivity index (χ1v) is 8.81. The lowest BCUT2D eigenvalue weighted by molar-refractivity contribution is 0.602. The Balaban J connectivity index is 2.02. The van der Waals surface area contributed by atoms with Gasteiger partial charge in [0.25, 0.3) is 10.0 Å². The van der Waals surface area contributed by atoms with Crippen LogP contribution < -0.4 is 4.72 Å². The SMILES string of the molecule is O=S(=O)(Nc1ccc(I)cn1)c1c[nH]c2cc(Cl)ccc12. The van der Waals surface area contributed by atoms with Gasteiger partial charge in [-0.15, -0.1) is 0 Å². The van der Waals surface area contributed by atoms with Crippen LogP contribution in [-0.2, 0) is 10.0 Å². The largest absolute Gasteiger partial charge is 0.360 e. The molecule has 0 amide bonds. The normalized spacial score (nSPS) is 11.7. The van der Waals surface area contributed by atoms with Crippen molar-refractivity contribution < 1.29 is 8.42 Å². The number of rotatable bonds is 3. The summed E-state index contributed by atoms with van der Waals surface area (Å²) in [6.45, 7) is 0. The van der Waals surface area contributed by atoms with Gasteiger partial charge < -0.3 is 4.98 Å². The van der Waals surface area contributed by atoms with Gasteiger partial charge in [-0.2, -0.15) is 0 Å². The number of benzene rings is 1. The molecule has 0 fully saturated rings. The summed E-state index contributed by atoms with van der Waals surface area (Å²) < 4.78 is 28.3. The molecular weight excluding hydrogens is 425 g/mol. The molecule has 0 saturated carbocycles. The van der Waals surface area contributed by atoms with E-state index in [1.165, 1.54) is 6.20 Å². The van der Waals surface area contributed by atoms with Gasteiger partial charge in [-0.05, 0) is 52.9 Å². The Bertz CT molecular complexity index is 907. The first kappa shape index (κ1) is 14.6. The summed E-state index contributed by atoms with van der Waals surface area (Å²) in [6.07, 6.45) is 3.03. The van der Waals surface area contributed by atoms with Crippen molar-refractivity contribution in [3.8, 4) is 0 Å². The predicted molar refractivity (Wildman–Crippen MR) is 91.1 cm³/mol. The van der Waals surface area contributed by atoms with E-state index < -0.39 is 10.0 Å². The van der Waals surface area contributed by atoms with Crippen LogP contribution in [0.1, 0.15) is 0 Å². The van der Waals surface area contributed by atoms with E-state index in [1.54, 1.807) is 36.5 Å². The monoisotopic (exact) mass is 433 g/mol. The first-order valence-electron chi connectivity index (χ1n) is 5.87.